The molecular formula is C24H22F2O2. The highest BCUT2D eigenvalue weighted by Gasteiger charge is 2.15. The topological polar surface area (TPSA) is 37.3 Å². The predicted molar refractivity (Wildman–Crippen MR) is 107 cm³/mol. The second-order valence-electron chi connectivity index (χ2n) is 6.84. The van der Waals surface area contributed by atoms with Crippen molar-refractivity contribution in [3.05, 3.63) is 83.4 Å². The van der Waals surface area contributed by atoms with Crippen LogP contribution in [0.15, 0.2) is 60.7 Å². The largest absolute Gasteiger partial charge is 0.478 e. The molecule has 1 N–H and O–H groups in total. The van der Waals surface area contributed by atoms with E-state index in [1.54, 1.807) is 12.1 Å². The first kappa shape index (κ1) is 19.7. The van der Waals surface area contributed by atoms with E-state index < -0.39 is 17.6 Å². The molecule has 4 heteroatoms. The fraction of sp³-hybridized carbons (Fsp3) is 0.208. The van der Waals surface area contributed by atoms with Crippen LogP contribution in [0.4, 0.5) is 8.78 Å². The van der Waals surface area contributed by atoms with Crippen LogP contribution in [-0.2, 0) is 6.42 Å². The molecule has 0 unspecified atom stereocenters. The summed E-state index contributed by atoms with van der Waals surface area (Å²) in [5, 5.41) is 9.55. The minimum atomic E-state index is -1.05. The third kappa shape index (κ3) is 4.45. The number of aromatic carboxylic acids is 1. The van der Waals surface area contributed by atoms with E-state index in [1.165, 1.54) is 30.2 Å². The fourth-order valence-electron chi connectivity index (χ4n) is 3.29. The van der Waals surface area contributed by atoms with Gasteiger partial charge < -0.3 is 5.11 Å². The maximum absolute atomic E-state index is 14.2. The Balaban J connectivity index is 1.99. The molecule has 0 aromatic heterocycles. The van der Waals surface area contributed by atoms with Crippen LogP contribution in [0, 0.1) is 11.6 Å². The van der Waals surface area contributed by atoms with Gasteiger partial charge in [0, 0.05) is 11.6 Å². The van der Waals surface area contributed by atoms with Gasteiger partial charge in [0.25, 0.3) is 0 Å². The minimum absolute atomic E-state index is 0.144. The molecule has 0 spiro atoms. The maximum Gasteiger partial charge on any atom is 0.336 e. The van der Waals surface area contributed by atoms with Gasteiger partial charge >= 0.3 is 5.97 Å². The van der Waals surface area contributed by atoms with Crippen molar-refractivity contribution in [1.29, 1.82) is 0 Å². The summed E-state index contributed by atoms with van der Waals surface area (Å²) in [7, 11) is 0. The van der Waals surface area contributed by atoms with Crippen molar-refractivity contribution < 1.29 is 18.7 Å². The van der Waals surface area contributed by atoms with E-state index in [2.05, 4.69) is 6.92 Å². The van der Waals surface area contributed by atoms with E-state index in [4.69, 9.17) is 0 Å². The first-order valence-corrected chi connectivity index (χ1v) is 9.41. The van der Waals surface area contributed by atoms with Gasteiger partial charge in [-0.1, -0.05) is 50.1 Å². The Labute approximate surface area is 163 Å². The Bertz CT molecular complexity index is 978. The number of carbonyl (C=O) groups is 1. The Morgan fingerprint density at radius 2 is 1.57 bits per heavy atom. The molecule has 0 atom stereocenters. The van der Waals surface area contributed by atoms with Gasteiger partial charge in [-0.15, -0.1) is 0 Å². The average molecular weight is 380 g/mol. The highest BCUT2D eigenvalue weighted by Crippen LogP contribution is 2.31. The first-order valence-electron chi connectivity index (χ1n) is 9.41. The fourth-order valence-corrected chi connectivity index (χ4v) is 3.29. The lowest BCUT2D eigenvalue weighted by molar-refractivity contribution is 0.0697. The average Bonchev–Trinajstić information content (AvgIpc) is 2.68. The summed E-state index contributed by atoms with van der Waals surface area (Å²) in [4.78, 5) is 11.7. The lowest BCUT2D eigenvalue weighted by Crippen LogP contribution is -2.00. The Kier molecular flexibility index (Phi) is 6.19. The van der Waals surface area contributed by atoms with Gasteiger partial charge in [-0.3, -0.25) is 0 Å². The lowest BCUT2D eigenvalue weighted by atomic mass is 9.93. The SMILES string of the molecule is CCCCCc1ccc(-c2cc(-c3ccc(F)cc3F)ccc2C(=O)O)cc1. The van der Waals surface area contributed by atoms with Crippen molar-refractivity contribution in [2.24, 2.45) is 0 Å². The minimum Gasteiger partial charge on any atom is -0.478 e. The van der Waals surface area contributed by atoms with Crippen LogP contribution < -0.4 is 0 Å². The first-order chi connectivity index (χ1) is 13.5. The number of benzene rings is 3. The highest BCUT2D eigenvalue weighted by molar-refractivity contribution is 5.97. The molecule has 0 aliphatic carbocycles. The van der Waals surface area contributed by atoms with Crippen molar-refractivity contribution in [2.45, 2.75) is 32.6 Å². The van der Waals surface area contributed by atoms with Crippen LogP contribution in [0.25, 0.3) is 22.3 Å². The third-order valence-corrected chi connectivity index (χ3v) is 4.83. The molecule has 0 aliphatic rings. The molecule has 2 nitrogen and oxygen atoms in total. The van der Waals surface area contributed by atoms with Gasteiger partial charge in [0.1, 0.15) is 11.6 Å². The van der Waals surface area contributed by atoms with Crippen LogP contribution >= 0.6 is 0 Å². The number of hydrogen-bond acceptors (Lipinski definition) is 1. The zero-order valence-corrected chi connectivity index (χ0v) is 15.7. The molecule has 0 fully saturated rings. The number of carboxylic acids is 1. The Hall–Kier alpha value is -3.01. The van der Waals surface area contributed by atoms with Gasteiger partial charge in [0.2, 0.25) is 0 Å². The molecule has 0 saturated carbocycles. The van der Waals surface area contributed by atoms with Gasteiger partial charge in [0.05, 0.1) is 5.56 Å². The smallest absolute Gasteiger partial charge is 0.336 e. The number of halogens is 2. The number of hydrogen-bond donors (Lipinski definition) is 1. The predicted octanol–water partition coefficient (Wildman–Crippen LogP) is 6.73. The number of rotatable bonds is 7. The summed E-state index contributed by atoms with van der Waals surface area (Å²) in [6, 6.07) is 15.8. The summed E-state index contributed by atoms with van der Waals surface area (Å²) in [5.74, 6) is -2.38. The third-order valence-electron chi connectivity index (χ3n) is 4.83. The second kappa shape index (κ2) is 8.79. The summed E-state index contributed by atoms with van der Waals surface area (Å²) < 4.78 is 27.4. The van der Waals surface area contributed by atoms with E-state index in [-0.39, 0.29) is 11.1 Å². The lowest BCUT2D eigenvalue weighted by Gasteiger charge is -2.11. The quantitative estimate of drug-likeness (QED) is 0.461. The summed E-state index contributed by atoms with van der Waals surface area (Å²) >= 11 is 0. The normalized spacial score (nSPS) is 10.8. The summed E-state index contributed by atoms with van der Waals surface area (Å²) in [5.41, 5.74) is 3.34. The van der Waals surface area contributed by atoms with Gasteiger partial charge in [0.15, 0.2) is 0 Å². The van der Waals surface area contributed by atoms with Gasteiger partial charge in [-0.25, -0.2) is 13.6 Å². The van der Waals surface area contributed by atoms with E-state index in [0.29, 0.717) is 11.1 Å². The molecule has 3 aromatic rings. The van der Waals surface area contributed by atoms with E-state index >= 15 is 0 Å². The molecule has 3 rings (SSSR count). The molecule has 3 aromatic carbocycles. The van der Waals surface area contributed by atoms with Crippen molar-refractivity contribution in [3.63, 3.8) is 0 Å². The van der Waals surface area contributed by atoms with Crippen LogP contribution in [0.3, 0.4) is 0 Å². The number of unbranched alkanes of at least 4 members (excludes halogenated alkanes) is 2. The molecule has 0 saturated heterocycles. The summed E-state index contributed by atoms with van der Waals surface area (Å²) in [6.07, 6.45) is 4.44. The molecule has 28 heavy (non-hydrogen) atoms. The van der Waals surface area contributed by atoms with E-state index in [0.717, 1.165) is 30.9 Å². The Morgan fingerprint density at radius 3 is 2.21 bits per heavy atom. The summed E-state index contributed by atoms with van der Waals surface area (Å²) in [6.45, 7) is 2.16. The molecule has 0 aliphatic heterocycles. The Morgan fingerprint density at radius 1 is 0.857 bits per heavy atom. The van der Waals surface area contributed by atoms with Crippen LogP contribution in [-0.4, -0.2) is 11.1 Å². The van der Waals surface area contributed by atoms with Crippen molar-refractivity contribution >= 4 is 5.97 Å². The zero-order valence-electron chi connectivity index (χ0n) is 15.7. The van der Waals surface area contributed by atoms with Crippen molar-refractivity contribution in [2.75, 3.05) is 0 Å². The van der Waals surface area contributed by atoms with Crippen LogP contribution in [0.2, 0.25) is 0 Å². The van der Waals surface area contributed by atoms with Gasteiger partial charge in [-0.2, -0.15) is 0 Å². The number of carboxylic acid groups (broad SMARTS) is 1. The standard InChI is InChI=1S/C24H22F2O2/c1-2-3-4-5-16-6-8-17(9-7-16)22-14-18(10-12-21(22)24(27)28)20-13-11-19(25)15-23(20)26/h6-15H,2-5H2,1H3,(H,27,28). The maximum atomic E-state index is 14.2. The number of aryl methyl sites for hydroxylation is 1. The highest BCUT2D eigenvalue weighted by atomic mass is 19.1. The van der Waals surface area contributed by atoms with Crippen LogP contribution in [0.5, 0.6) is 0 Å². The zero-order chi connectivity index (χ0) is 20.1. The monoisotopic (exact) mass is 380 g/mol. The molecule has 0 heterocycles. The van der Waals surface area contributed by atoms with Crippen molar-refractivity contribution in [3.8, 4) is 22.3 Å². The molecule has 0 amide bonds. The molecule has 0 bridgehead atoms. The van der Waals surface area contributed by atoms with Crippen molar-refractivity contribution in [1.82, 2.24) is 0 Å². The molecular weight excluding hydrogens is 358 g/mol. The second-order valence-corrected chi connectivity index (χ2v) is 6.84. The van der Waals surface area contributed by atoms with Crippen LogP contribution in [0.1, 0.15) is 42.1 Å². The van der Waals surface area contributed by atoms with E-state index in [9.17, 15) is 18.7 Å². The molecule has 0 radical (unpaired) electrons. The van der Waals surface area contributed by atoms with Gasteiger partial charge in [-0.05, 0) is 59.4 Å². The van der Waals surface area contributed by atoms with E-state index in [1.807, 2.05) is 24.3 Å². The molecule has 144 valence electrons.